The first kappa shape index (κ1) is 17.2. The van der Waals surface area contributed by atoms with Gasteiger partial charge in [0.2, 0.25) is 5.78 Å². The summed E-state index contributed by atoms with van der Waals surface area (Å²) in [6.45, 7) is 5.23. The van der Waals surface area contributed by atoms with Crippen molar-refractivity contribution in [2.75, 3.05) is 4.90 Å². The van der Waals surface area contributed by atoms with E-state index in [1.54, 1.807) is 57.4 Å². The van der Waals surface area contributed by atoms with Gasteiger partial charge in [-0.3, -0.25) is 19.3 Å². The Kier molecular flexibility index (Phi) is 3.76. The van der Waals surface area contributed by atoms with Crippen molar-refractivity contribution in [3.8, 4) is 0 Å². The van der Waals surface area contributed by atoms with Gasteiger partial charge >= 0.3 is 0 Å². The van der Waals surface area contributed by atoms with Gasteiger partial charge in [-0.2, -0.15) is 0 Å². The number of nitrogens with zero attached hydrogens (tertiary/aromatic N) is 2. The van der Waals surface area contributed by atoms with Gasteiger partial charge in [0.25, 0.3) is 5.91 Å². The molecule has 1 aliphatic heterocycles. The van der Waals surface area contributed by atoms with E-state index in [1.165, 1.54) is 11.2 Å². The number of H-pyrrole nitrogens is 1. The van der Waals surface area contributed by atoms with E-state index in [4.69, 9.17) is 4.42 Å². The summed E-state index contributed by atoms with van der Waals surface area (Å²) in [5, 5.41) is 0. The minimum absolute atomic E-state index is 0.285. The van der Waals surface area contributed by atoms with Gasteiger partial charge < -0.3 is 9.40 Å². The summed E-state index contributed by atoms with van der Waals surface area (Å²) in [7, 11) is 0. The molecule has 0 spiro atoms. The first-order valence-electron chi connectivity index (χ1n) is 8.67. The van der Waals surface area contributed by atoms with Crippen LogP contribution >= 0.6 is 0 Å². The zero-order valence-electron chi connectivity index (χ0n) is 15.2. The molecule has 138 valence electrons. The van der Waals surface area contributed by atoms with Gasteiger partial charge in [-0.05, 0) is 30.3 Å². The van der Waals surface area contributed by atoms with E-state index in [-0.39, 0.29) is 5.78 Å². The quantitative estimate of drug-likeness (QED) is 0.568. The van der Waals surface area contributed by atoms with Crippen molar-refractivity contribution in [1.82, 2.24) is 9.97 Å². The molecule has 2 aromatic heterocycles. The number of hydrogen-bond acceptors (Lipinski definition) is 5. The van der Waals surface area contributed by atoms with Crippen molar-refractivity contribution < 1.29 is 18.8 Å². The predicted molar refractivity (Wildman–Crippen MR) is 98.0 cm³/mol. The SMILES string of the molecule is CC(C)(C)C(=O)C1C(=O)C(=O)N(c2ccc3nc[nH]c3c2)C1c1ccco1. The first-order chi connectivity index (χ1) is 12.8. The van der Waals surface area contributed by atoms with Crippen LogP contribution in [0, 0.1) is 11.3 Å². The fraction of sp³-hybridized carbons (Fsp3) is 0.300. The number of ketones is 2. The molecular formula is C20H19N3O4. The number of anilines is 1. The smallest absolute Gasteiger partial charge is 0.295 e. The van der Waals surface area contributed by atoms with E-state index < -0.39 is 29.1 Å². The van der Waals surface area contributed by atoms with Crippen LogP contribution in [-0.4, -0.2) is 27.4 Å². The van der Waals surface area contributed by atoms with E-state index in [9.17, 15) is 14.4 Å². The summed E-state index contributed by atoms with van der Waals surface area (Å²) in [4.78, 5) is 47.2. The molecule has 3 aromatic rings. The van der Waals surface area contributed by atoms with Gasteiger partial charge in [-0.1, -0.05) is 20.8 Å². The van der Waals surface area contributed by atoms with Crippen molar-refractivity contribution in [1.29, 1.82) is 0 Å². The van der Waals surface area contributed by atoms with Crippen molar-refractivity contribution in [3.05, 3.63) is 48.7 Å². The summed E-state index contributed by atoms with van der Waals surface area (Å²) < 4.78 is 5.51. The van der Waals surface area contributed by atoms with Gasteiger partial charge in [0.05, 0.1) is 23.6 Å². The molecule has 2 atom stereocenters. The minimum atomic E-state index is -1.11. The lowest BCUT2D eigenvalue weighted by Crippen LogP contribution is -2.35. The van der Waals surface area contributed by atoms with Crippen LogP contribution in [0.5, 0.6) is 0 Å². The zero-order valence-corrected chi connectivity index (χ0v) is 15.2. The van der Waals surface area contributed by atoms with Crippen LogP contribution < -0.4 is 4.90 Å². The van der Waals surface area contributed by atoms with Gasteiger partial charge in [-0.15, -0.1) is 0 Å². The Labute approximate surface area is 155 Å². The Morgan fingerprint density at radius 3 is 2.67 bits per heavy atom. The molecule has 1 aliphatic rings. The van der Waals surface area contributed by atoms with Crippen LogP contribution in [0.25, 0.3) is 11.0 Å². The summed E-state index contributed by atoms with van der Waals surface area (Å²) in [6.07, 6.45) is 3.03. The van der Waals surface area contributed by atoms with Gasteiger partial charge in [0, 0.05) is 11.1 Å². The molecule has 0 bridgehead atoms. The maximum absolute atomic E-state index is 13.0. The molecule has 0 saturated carbocycles. The number of rotatable bonds is 3. The lowest BCUT2D eigenvalue weighted by molar-refractivity contribution is -0.141. The normalized spacial score (nSPS) is 20.6. The fourth-order valence-corrected chi connectivity index (χ4v) is 3.50. The summed E-state index contributed by atoms with van der Waals surface area (Å²) in [5.41, 5.74) is 1.22. The van der Waals surface area contributed by atoms with Crippen molar-refractivity contribution in [3.63, 3.8) is 0 Å². The third-order valence-electron chi connectivity index (χ3n) is 4.84. The van der Waals surface area contributed by atoms with Crippen LogP contribution in [0.1, 0.15) is 32.6 Å². The molecule has 1 amide bonds. The molecule has 7 nitrogen and oxygen atoms in total. The summed E-state index contributed by atoms with van der Waals surface area (Å²) in [6, 6.07) is 7.77. The Morgan fingerprint density at radius 2 is 2.00 bits per heavy atom. The molecule has 1 aromatic carbocycles. The molecule has 1 saturated heterocycles. The minimum Gasteiger partial charge on any atom is -0.467 e. The largest absolute Gasteiger partial charge is 0.467 e. The average molecular weight is 365 g/mol. The number of carbonyl (C=O) groups is 3. The highest BCUT2D eigenvalue weighted by Gasteiger charge is 2.55. The van der Waals surface area contributed by atoms with E-state index in [1.807, 2.05) is 0 Å². The number of fused-ring (bicyclic) bond motifs is 1. The number of benzene rings is 1. The molecule has 2 unspecified atom stereocenters. The molecule has 3 heterocycles. The van der Waals surface area contributed by atoms with Crippen molar-refractivity contribution in [2.45, 2.75) is 26.8 Å². The topological polar surface area (TPSA) is 96.3 Å². The summed E-state index contributed by atoms with van der Waals surface area (Å²) in [5.74, 6) is -2.41. The number of amides is 1. The first-order valence-corrected chi connectivity index (χ1v) is 8.67. The number of Topliss-reactive ketones (excluding diaryl/α,β-unsaturated/α-hetero) is 2. The van der Waals surface area contributed by atoms with E-state index in [0.29, 0.717) is 11.4 Å². The molecule has 27 heavy (non-hydrogen) atoms. The van der Waals surface area contributed by atoms with Gasteiger partial charge in [-0.25, -0.2) is 4.98 Å². The van der Waals surface area contributed by atoms with E-state index in [0.717, 1.165) is 11.0 Å². The van der Waals surface area contributed by atoms with E-state index >= 15 is 0 Å². The van der Waals surface area contributed by atoms with Crippen molar-refractivity contribution in [2.24, 2.45) is 11.3 Å². The van der Waals surface area contributed by atoms with Crippen LogP contribution in [0.2, 0.25) is 0 Å². The van der Waals surface area contributed by atoms with Gasteiger partial charge in [0.1, 0.15) is 17.7 Å². The third kappa shape index (κ3) is 2.66. The number of imidazole rings is 1. The highest BCUT2D eigenvalue weighted by atomic mass is 16.3. The number of hydrogen-bond donors (Lipinski definition) is 1. The maximum atomic E-state index is 13.0. The molecule has 0 radical (unpaired) electrons. The number of nitrogens with one attached hydrogen (secondary N) is 1. The average Bonchev–Trinajstić information content (AvgIpc) is 3.33. The summed E-state index contributed by atoms with van der Waals surface area (Å²) >= 11 is 0. The maximum Gasteiger partial charge on any atom is 0.295 e. The monoisotopic (exact) mass is 365 g/mol. The molecule has 7 heteroatoms. The van der Waals surface area contributed by atoms with E-state index in [2.05, 4.69) is 9.97 Å². The standard InChI is InChI=1S/C20H19N3O4/c1-20(2,3)18(25)15-16(14-5-4-8-27-14)23(19(26)17(15)24)11-6-7-12-13(9-11)22-10-21-12/h4-10,15-16H,1-3H3,(H,21,22). The van der Waals surface area contributed by atoms with Gasteiger partial charge in [0.15, 0.2) is 5.78 Å². The van der Waals surface area contributed by atoms with Crippen molar-refractivity contribution >= 4 is 34.2 Å². The second kappa shape index (κ2) is 5.90. The Morgan fingerprint density at radius 1 is 1.22 bits per heavy atom. The second-order valence-electron chi connectivity index (χ2n) is 7.70. The second-order valence-corrected chi connectivity index (χ2v) is 7.70. The molecule has 4 rings (SSSR count). The Balaban J connectivity index is 1.87. The van der Waals surface area contributed by atoms with Crippen LogP contribution in [0.4, 0.5) is 5.69 Å². The van der Waals surface area contributed by atoms with Crippen LogP contribution in [0.3, 0.4) is 0 Å². The predicted octanol–water partition coefficient (Wildman–Crippen LogP) is 3.04. The highest BCUT2D eigenvalue weighted by Crippen LogP contribution is 2.43. The Bertz CT molecular complexity index is 1040. The Hall–Kier alpha value is -3.22. The molecule has 0 aliphatic carbocycles. The number of aromatic nitrogens is 2. The number of carbonyl (C=O) groups excluding carboxylic acids is 3. The highest BCUT2D eigenvalue weighted by molar-refractivity contribution is 6.48. The number of furan rings is 1. The number of aromatic amines is 1. The molecule has 1 N–H and O–H groups in total. The third-order valence-corrected chi connectivity index (χ3v) is 4.84. The lowest BCUT2D eigenvalue weighted by atomic mass is 9.78. The zero-order chi connectivity index (χ0) is 19.3. The molecular weight excluding hydrogens is 346 g/mol. The van der Waals surface area contributed by atoms with Crippen LogP contribution in [0.15, 0.2) is 47.3 Å². The molecule has 1 fully saturated rings. The van der Waals surface area contributed by atoms with Crippen LogP contribution in [-0.2, 0) is 14.4 Å². The lowest BCUT2D eigenvalue weighted by Gasteiger charge is -2.28. The fourth-order valence-electron chi connectivity index (χ4n) is 3.50.